The molecule has 1 heterocycles. The van der Waals surface area contributed by atoms with Crippen LogP contribution in [0.15, 0.2) is 30.5 Å². The lowest BCUT2D eigenvalue weighted by molar-refractivity contribution is 0.575. The number of rotatable bonds is 2. The number of nitrogens with zero attached hydrogens (tertiary/aromatic N) is 2. The number of aryl methyl sites for hydroxylation is 1. The zero-order chi connectivity index (χ0) is 11.0. The molecule has 1 aliphatic carbocycles. The van der Waals surface area contributed by atoms with Gasteiger partial charge in [0.15, 0.2) is 0 Å². The quantitative estimate of drug-likeness (QED) is 0.754. The van der Waals surface area contributed by atoms with Crippen LogP contribution in [-0.4, -0.2) is 9.78 Å². The Balaban J connectivity index is 1.92. The van der Waals surface area contributed by atoms with Crippen LogP contribution in [0.4, 0.5) is 4.39 Å². The van der Waals surface area contributed by atoms with Crippen LogP contribution in [0.25, 0.3) is 0 Å². The van der Waals surface area contributed by atoms with Crippen LogP contribution < -0.4 is 0 Å². The lowest BCUT2D eigenvalue weighted by Crippen LogP contribution is -2.06. The molecule has 0 atom stereocenters. The van der Waals surface area contributed by atoms with Gasteiger partial charge in [-0.05, 0) is 30.9 Å². The Morgan fingerprint density at radius 1 is 1.25 bits per heavy atom. The van der Waals surface area contributed by atoms with Crippen LogP contribution in [0.1, 0.15) is 23.2 Å². The number of hydrogen-bond donors (Lipinski definition) is 0. The van der Waals surface area contributed by atoms with Gasteiger partial charge in [0.25, 0.3) is 0 Å². The summed E-state index contributed by atoms with van der Waals surface area (Å²) in [6, 6.07) is 6.89. The Labute approximate surface area is 93.7 Å². The highest BCUT2D eigenvalue weighted by molar-refractivity contribution is 5.25. The first-order valence-corrected chi connectivity index (χ1v) is 5.61. The molecule has 0 radical (unpaired) electrons. The number of aromatic nitrogens is 2. The summed E-state index contributed by atoms with van der Waals surface area (Å²) in [6.07, 6.45) is 5.31. The normalized spacial score (nSPS) is 14.1. The molecular formula is C13H13FN2. The zero-order valence-corrected chi connectivity index (χ0v) is 8.99. The number of benzene rings is 1. The molecule has 0 saturated carbocycles. The Morgan fingerprint density at radius 2 is 2.12 bits per heavy atom. The standard InChI is InChI=1S/C13H13FN2/c14-12-6-2-1-4-11(12)9-16-13-7-3-5-10(13)8-15-16/h1-2,4,6,8H,3,5,7,9H2. The van der Waals surface area contributed by atoms with Crippen molar-refractivity contribution in [2.24, 2.45) is 0 Å². The molecule has 1 aliphatic rings. The van der Waals surface area contributed by atoms with Crippen molar-refractivity contribution in [1.29, 1.82) is 0 Å². The molecule has 0 amide bonds. The molecule has 0 fully saturated rings. The van der Waals surface area contributed by atoms with Gasteiger partial charge in [0.2, 0.25) is 0 Å². The first kappa shape index (κ1) is 9.58. The van der Waals surface area contributed by atoms with Gasteiger partial charge in [-0.1, -0.05) is 18.2 Å². The van der Waals surface area contributed by atoms with Gasteiger partial charge in [0, 0.05) is 11.3 Å². The van der Waals surface area contributed by atoms with Gasteiger partial charge in [-0.15, -0.1) is 0 Å². The van der Waals surface area contributed by atoms with Gasteiger partial charge in [-0.3, -0.25) is 4.68 Å². The van der Waals surface area contributed by atoms with E-state index in [-0.39, 0.29) is 5.82 Å². The Kier molecular flexibility index (Phi) is 2.24. The molecule has 2 nitrogen and oxygen atoms in total. The highest BCUT2D eigenvalue weighted by Crippen LogP contribution is 2.22. The van der Waals surface area contributed by atoms with E-state index in [9.17, 15) is 4.39 Å². The number of halogens is 1. The fraction of sp³-hybridized carbons (Fsp3) is 0.308. The van der Waals surface area contributed by atoms with E-state index in [1.165, 1.54) is 23.7 Å². The predicted molar refractivity (Wildman–Crippen MR) is 59.8 cm³/mol. The highest BCUT2D eigenvalue weighted by Gasteiger charge is 2.16. The lowest BCUT2D eigenvalue weighted by atomic mass is 10.2. The molecule has 1 aromatic carbocycles. The van der Waals surface area contributed by atoms with E-state index >= 15 is 0 Å². The average molecular weight is 216 g/mol. The van der Waals surface area contributed by atoms with E-state index in [1.807, 2.05) is 23.0 Å². The third kappa shape index (κ3) is 1.52. The fourth-order valence-electron chi connectivity index (χ4n) is 2.32. The van der Waals surface area contributed by atoms with E-state index in [0.717, 1.165) is 12.8 Å². The van der Waals surface area contributed by atoms with Crippen LogP contribution in [0, 0.1) is 5.82 Å². The molecule has 1 aromatic heterocycles. The summed E-state index contributed by atoms with van der Waals surface area (Å²) in [6.45, 7) is 0.544. The molecule has 2 aromatic rings. The second-order valence-electron chi connectivity index (χ2n) is 4.22. The van der Waals surface area contributed by atoms with Gasteiger partial charge in [0.05, 0.1) is 12.7 Å². The van der Waals surface area contributed by atoms with Crippen molar-refractivity contribution in [2.75, 3.05) is 0 Å². The topological polar surface area (TPSA) is 17.8 Å². The summed E-state index contributed by atoms with van der Waals surface area (Å²) in [7, 11) is 0. The van der Waals surface area contributed by atoms with Crippen molar-refractivity contribution in [1.82, 2.24) is 9.78 Å². The molecule has 0 unspecified atom stereocenters. The SMILES string of the molecule is Fc1ccccc1Cn1ncc2c1CCC2. The summed E-state index contributed by atoms with van der Waals surface area (Å²) >= 11 is 0. The monoisotopic (exact) mass is 216 g/mol. The molecule has 82 valence electrons. The highest BCUT2D eigenvalue weighted by atomic mass is 19.1. The minimum absolute atomic E-state index is 0.148. The largest absolute Gasteiger partial charge is 0.265 e. The van der Waals surface area contributed by atoms with Crippen LogP contribution in [0.5, 0.6) is 0 Å². The van der Waals surface area contributed by atoms with Crippen molar-refractivity contribution in [2.45, 2.75) is 25.8 Å². The molecule has 16 heavy (non-hydrogen) atoms. The second-order valence-corrected chi connectivity index (χ2v) is 4.22. The minimum Gasteiger partial charge on any atom is -0.265 e. The zero-order valence-electron chi connectivity index (χ0n) is 8.99. The molecule has 0 aliphatic heterocycles. The summed E-state index contributed by atoms with van der Waals surface area (Å²) in [4.78, 5) is 0. The lowest BCUT2D eigenvalue weighted by Gasteiger charge is -2.06. The van der Waals surface area contributed by atoms with Gasteiger partial charge in [-0.2, -0.15) is 5.10 Å². The molecule has 0 N–H and O–H groups in total. The van der Waals surface area contributed by atoms with Crippen molar-refractivity contribution in [3.8, 4) is 0 Å². The van der Waals surface area contributed by atoms with E-state index in [1.54, 1.807) is 6.07 Å². The second kappa shape index (κ2) is 3.74. The van der Waals surface area contributed by atoms with Crippen molar-refractivity contribution in [3.63, 3.8) is 0 Å². The van der Waals surface area contributed by atoms with Crippen molar-refractivity contribution in [3.05, 3.63) is 53.1 Å². The minimum atomic E-state index is -0.148. The first-order valence-electron chi connectivity index (χ1n) is 5.61. The molecule has 0 saturated heterocycles. The Morgan fingerprint density at radius 3 is 3.00 bits per heavy atom. The fourth-order valence-corrected chi connectivity index (χ4v) is 2.32. The predicted octanol–water partition coefficient (Wildman–Crippen LogP) is 2.56. The smallest absolute Gasteiger partial charge is 0.128 e. The summed E-state index contributed by atoms with van der Waals surface area (Å²) < 4.78 is 15.4. The molecule has 3 heteroatoms. The average Bonchev–Trinajstić information content (AvgIpc) is 2.86. The maximum atomic E-state index is 13.5. The molecule has 0 spiro atoms. The van der Waals surface area contributed by atoms with Crippen molar-refractivity contribution < 1.29 is 4.39 Å². The van der Waals surface area contributed by atoms with Crippen molar-refractivity contribution >= 4 is 0 Å². The summed E-state index contributed by atoms with van der Waals surface area (Å²) in [5.41, 5.74) is 3.32. The van der Waals surface area contributed by atoms with E-state index in [0.29, 0.717) is 12.1 Å². The van der Waals surface area contributed by atoms with E-state index < -0.39 is 0 Å². The number of fused-ring (bicyclic) bond motifs is 1. The van der Waals surface area contributed by atoms with Crippen LogP contribution in [0.2, 0.25) is 0 Å². The Hall–Kier alpha value is -1.64. The molecule has 3 rings (SSSR count). The van der Waals surface area contributed by atoms with Crippen LogP contribution >= 0.6 is 0 Å². The maximum absolute atomic E-state index is 13.5. The van der Waals surface area contributed by atoms with Crippen LogP contribution in [0.3, 0.4) is 0 Å². The van der Waals surface area contributed by atoms with Gasteiger partial charge in [0.1, 0.15) is 5.82 Å². The summed E-state index contributed by atoms with van der Waals surface area (Å²) in [5, 5.41) is 4.32. The molecule has 0 bridgehead atoms. The first-order chi connectivity index (χ1) is 7.84. The Bertz CT molecular complexity index is 516. The number of hydrogen-bond acceptors (Lipinski definition) is 1. The summed E-state index contributed by atoms with van der Waals surface area (Å²) in [5.74, 6) is -0.148. The molecular weight excluding hydrogens is 203 g/mol. The van der Waals surface area contributed by atoms with E-state index in [4.69, 9.17) is 0 Å². The van der Waals surface area contributed by atoms with Crippen LogP contribution in [-0.2, 0) is 19.4 Å². The third-order valence-corrected chi connectivity index (χ3v) is 3.17. The van der Waals surface area contributed by atoms with Gasteiger partial charge >= 0.3 is 0 Å². The van der Waals surface area contributed by atoms with E-state index in [2.05, 4.69) is 5.10 Å². The maximum Gasteiger partial charge on any atom is 0.128 e. The third-order valence-electron chi connectivity index (χ3n) is 3.17. The van der Waals surface area contributed by atoms with Gasteiger partial charge in [-0.25, -0.2) is 4.39 Å². The van der Waals surface area contributed by atoms with Gasteiger partial charge < -0.3 is 0 Å².